The van der Waals surface area contributed by atoms with Crippen molar-refractivity contribution in [3.63, 3.8) is 0 Å². The normalized spacial score (nSPS) is 10.5. The quantitative estimate of drug-likeness (QED) is 0.647. The minimum Gasteiger partial charge on any atom is -0.497 e. The molecule has 0 aliphatic heterocycles. The molecule has 0 aromatic heterocycles. The Morgan fingerprint density at radius 2 is 1.76 bits per heavy atom. The molecule has 3 nitrogen and oxygen atoms in total. The van der Waals surface area contributed by atoms with Gasteiger partial charge in [0, 0.05) is 6.54 Å². The zero-order chi connectivity index (χ0) is 12.3. The topological polar surface area (TPSA) is 47.3 Å². The maximum Gasteiger partial charge on any atom is 0.118 e. The van der Waals surface area contributed by atoms with Crippen molar-refractivity contribution < 1.29 is 4.74 Å². The Balaban J connectivity index is 2.05. The van der Waals surface area contributed by atoms with Crippen LogP contribution in [0.1, 0.15) is 31.2 Å². The average molecular weight is 236 g/mol. The predicted octanol–water partition coefficient (Wildman–Crippen LogP) is 2.30. The fraction of sp³-hybridized carbons (Fsp3) is 0.571. The van der Waals surface area contributed by atoms with Gasteiger partial charge in [0.2, 0.25) is 0 Å². The van der Waals surface area contributed by atoms with Gasteiger partial charge < -0.3 is 15.8 Å². The molecule has 0 fully saturated rings. The SMILES string of the molecule is COc1ccc(CNCCCCCCN)cc1. The zero-order valence-corrected chi connectivity index (χ0v) is 10.7. The van der Waals surface area contributed by atoms with Crippen LogP contribution in [0.4, 0.5) is 0 Å². The van der Waals surface area contributed by atoms with Gasteiger partial charge in [0.1, 0.15) is 5.75 Å². The third-order valence-corrected chi connectivity index (χ3v) is 2.80. The Morgan fingerprint density at radius 3 is 2.41 bits per heavy atom. The van der Waals surface area contributed by atoms with Crippen LogP contribution in [0.25, 0.3) is 0 Å². The number of hydrogen-bond acceptors (Lipinski definition) is 3. The van der Waals surface area contributed by atoms with E-state index in [0.29, 0.717) is 0 Å². The molecule has 0 aliphatic carbocycles. The Kier molecular flexibility index (Phi) is 7.43. The number of nitrogens with one attached hydrogen (secondary N) is 1. The molecule has 0 atom stereocenters. The molecular weight excluding hydrogens is 212 g/mol. The van der Waals surface area contributed by atoms with Crippen LogP contribution < -0.4 is 15.8 Å². The van der Waals surface area contributed by atoms with Crippen molar-refractivity contribution in [2.45, 2.75) is 32.2 Å². The highest BCUT2D eigenvalue weighted by atomic mass is 16.5. The van der Waals surface area contributed by atoms with Gasteiger partial charge in [-0.15, -0.1) is 0 Å². The number of unbranched alkanes of at least 4 members (excludes halogenated alkanes) is 3. The number of benzene rings is 1. The molecule has 0 saturated heterocycles. The monoisotopic (exact) mass is 236 g/mol. The van der Waals surface area contributed by atoms with Crippen molar-refractivity contribution in [1.82, 2.24) is 5.32 Å². The van der Waals surface area contributed by atoms with E-state index in [1.54, 1.807) is 7.11 Å². The van der Waals surface area contributed by atoms with E-state index in [0.717, 1.165) is 31.8 Å². The second kappa shape index (κ2) is 9.02. The molecule has 17 heavy (non-hydrogen) atoms. The van der Waals surface area contributed by atoms with Crippen LogP contribution in [0, 0.1) is 0 Å². The molecule has 3 heteroatoms. The van der Waals surface area contributed by atoms with Crippen LogP contribution in [-0.2, 0) is 6.54 Å². The van der Waals surface area contributed by atoms with Gasteiger partial charge in [-0.05, 0) is 43.6 Å². The summed E-state index contributed by atoms with van der Waals surface area (Å²) in [5, 5.41) is 3.44. The Hall–Kier alpha value is -1.06. The average Bonchev–Trinajstić information content (AvgIpc) is 2.38. The van der Waals surface area contributed by atoms with Gasteiger partial charge in [0.15, 0.2) is 0 Å². The first-order valence-electron chi connectivity index (χ1n) is 6.40. The molecule has 3 N–H and O–H groups in total. The first-order chi connectivity index (χ1) is 8.36. The summed E-state index contributed by atoms with van der Waals surface area (Å²) in [5.41, 5.74) is 6.74. The molecule has 0 heterocycles. The van der Waals surface area contributed by atoms with E-state index in [1.165, 1.54) is 24.8 Å². The van der Waals surface area contributed by atoms with Gasteiger partial charge in [-0.2, -0.15) is 0 Å². The molecule has 1 aromatic carbocycles. The van der Waals surface area contributed by atoms with Crippen molar-refractivity contribution in [1.29, 1.82) is 0 Å². The third kappa shape index (κ3) is 6.29. The molecule has 0 amide bonds. The zero-order valence-electron chi connectivity index (χ0n) is 10.7. The fourth-order valence-corrected chi connectivity index (χ4v) is 1.72. The lowest BCUT2D eigenvalue weighted by Crippen LogP contribution is -2.14. The van der Waals surface area contributed by atoms with Gasteiger partial charge >= 0.3 is 0 Å². The van der Waals surface area contributed by atoms with Crippen molar-refractivity contribution in [2.24, 2.45) is 5.73 Å². The largest absolute Gasteiger partial charge is 0.497 e. The van der Waals surface area contributed by atoms with Crippen LogP contribution >= 0.6 is 0 Å². The van der Waals surface area contributed by atoms with Gasteiger partial charge in [0.25, 0.3) is 0 Å². The second-order valence-corrected chi connectivity index (χ2v) is 4.23. The summed E-state index contributed by atoms with van der Waals surface area (Å²) < 4.78 is 5.12. The van der Waals surface area contributed by atoms with E-state index in [2.05, 4.69) is 17.4 Å². The molecule has 96 valence electrons. The summed E-state index contributed by atoms with van der Waals surface area (Å²) in [6.45, 7) is 2.83. The summed E-state index contributed by atoms with van der Waals surface area (Å²) in [6, 6.07) is 8.19. The van der Waals surface area contributed by atoms with E-state index in [1.807, 2.05) is 12.1 Å². The van der Waals surface area contributed by atoms with E-state index < -0.39 is 0 Å². The maximum atomic E-state index is 5.44. The van der Waals surface area contributed by atoms with E-state index in [4.69, 9.17) is 10.5 Å². The lowest BCUT2D eigenvalue weighted by atomic mass is 10.2. The molecule has 0 radical (unpaired) electrons. The van der Waals surface area contributed by atoms with Crippen LogP contribution in [0.2, 0.25) is 0 Å². The smallest absolute Gasteiger partial charge is 0.118 e. The van der Waals surface area contributed by atoms with Gasteiger partial charge in [-0.3, -0.25) is 0 Å². The lowest BCUT2D eigenvalue weighted by molar-refractivity contribution is 0.414. The van der Waals surface area contributed by atoms with E-state index >= 15 is 0 Å². The van der Waals surface area contributed by atoms with Crippen molar-refractivity contribution >= 4 is 0 Å². The third-order valence-electron chi connectivity index (χ3n) is 2.80. The highest BCUT2D eigenvalue weighted by Crippen LogP contribution is 2.10. The van der Waals surface area contributed by atoms with Crippen molar-refractivity contribution in [3.05, 3.63) is 29.8 Å². The standard InChI is InChI=1S/C14H24N2O/c1-17-14-8-6-13(7-9-14)12-16-11-5-3-2-4-10-15/h6-9,16H,2-5,10-12,15H2,1H3. The molecule has 1 aromatic rings. The van der Waals surface area contributed by atoms with Gasteiger partial charge in [-0.1, -0.05) is 25.0 Å². The minimum absolute atomic E-state index is 0.819. The second-order valence-electron chi connectivity index (χ2n) is 4.23. The predicted molar refractivity (Wildman–Crippen MR) is 72.2 cm³/mol. The molecular formula is C14H24N2O. The van der Waals surface area contributed by atoms with Crippen LogP contribution in [-0.4, -0.2) is 20.2 Å². The summed E-state index contributed by atoms with van der Waals surface area (Å²) in [6.07, 6.45) is 4.90. The summed E-state index contributed by atoms with van der Waals surface area (Å²) in [7, 11) is 1.69. The fourth-order valence-electron chi connectivity index (χ4n) is 1.72. The summed E-state index contributed by atoms with van der Waals surface area (Å²) >= 11 is 0. The lowest BCUT2D eigenvalue weighted by Gasteiger charge is -2.06. The van der Waals surface area contributed by atoms with Crippen LogP contribution in [0.3, 0.4) is 0 Å². The number of nitrogens with two attached hydrogens (primary N) is 1. The number of rotatable bonds is 9. The summed E-state index contributed by atoms with van der Waals surface area (Å²) in [5.74, 6) is 0.913. The van der Waals surface area contributed by atoms with Crippen molar-refractivity contribution in [3.8, 4) is 5.75 Å². The molecule has 0 bridgehead atoms. The molecule has 0 spiro atoms. The first-order valence-corrected chi connectivity index (χ1v) is 6.40. The van der Waals surface area contributed by atoms with Crippen molar-refractivity contribution in [2.75, 3.05) is 20.2 Å². The molecule has 0 saturated carbocycles. The Labute approximate surface area is 104 Å². The summed E-state index contributed by atoms with van der Waals surface area (Å²) in [4.78, 5) is 0. The highest BCUT2D eigenvalue weighted by molar-refractivity contribution is 5.26. The molecule has 0 aliphatic rings. The molecule has 1 rings (SSSR count). The van der Waals surface area contributed by atoms with E-state index in [9.17, 15) is 0 Å². The number of methoxy groups -OCH3 is 1. The maximum absolute atomic E-state index is 5.44. The first kappa shape index (κ1) is 14.0. The Bertz CT molecular complexity index is 285. The minimum atomic E-state index is 0.819. The Morgan fingerprint density at radius 1 is 1.06 bits per heavy atom. The highest BCUT2D eigenvalue weighted by Gasteiger charge is 1.94. The van der Waals surface area contributed by atoms with Crippen LogP contribution in [0.15, 0.2) is 24.3 Å². The van der Waals surface area contributed by atoms with Gasteiger partial charge in [-0.25, -0.2) is 0 Å². The number of ether oxygens (including phenoxy) is 1. The molecule has 0 unspecified atom stereocenters. The van der Waals surface area contributed by atoms with Crippen LogP contribution in [0.5, 0.6) is 5.75 Å². The van der Waals surface area contributed by atoms with E-state index in [-0.39, 0.29) is 0 Å². The van der Waals surface area contributed by atoms with Gasteiger partial charge in [0.05, 0.1) is 7.11 Å². The number of hydrogen-bond donors (Lipinski definition) is 2.